The second kappa shape index (κ2) is 4.06. The van der Waals surface area contributed by atoms with Gasteiger partial charge in [-0.3, -0.25) is 4.79 Å². The zero-order chi connectivity index (χ0) is 6.73. The zero-order valence-corrected chi connectivity index (χ0v) is 4.84. The van der Waals surface area contributed by atoms with Gasteiger partial charge < -0.3 is 5.11 Å². The van der Waals surface area contributed by atoms with Crippen molar-refractivity contribution in [1.29, 1.82) is 0 Å². The monoisotopic (exact) mass is 132 g/mol. The number of hydrogen-bond donors (Lipinski definition) is 1. The van der Waals surface area contributed by atoms with Crippen LogP contribution in [0.1, 0.15) is 21.3 Å². The lowest BCUT2D eigenvalue weighted by molar-refractivity contribution is -0.150. The number of carbonyl (C=O) groups excluding carboxylic acids is 1. The highest BCUT2D eigenvalue weighted by atomic mass is 16.4. The fourth-order valence-electron chi connectivity index (χ4n) is 0.247. The Hall–Kier alpha value is -0.860. The van der Waals surface area contributed by atoms with E-state index in [0.29, 0.717) is 0 Å². The van der Waals surface area contributed by atoms with Crippen molar-refractivity contribution >= 4 is 11.8 Å². The molecule has 54 valence electrons. The lowest BCUT2D eigenvalue weighted by Gasteiger charge is -1.93. The molecule has 3 nitrogen and oxygen atoms in total. The van der Waals surface area contributed by atoms with Crippen LogP contribution in [0.25, 0.3) is 0 Å². The first-order valence-corrected chi connectivity index (χ1v) is 2.33. The second-order valence-electron chi connectivity index (χ2n) is 1.82. The third kappa shape index (κ3) is 3.70. The average Bonchev–Trinajstić information content (AvgIpc) is 1.64. The quantitative estimate of drug-likeness (QED) is 0.568. The van der Waals surface area contributed by atoms with Crippen molar-refractivity contribution < 1.29 is 14.7 Å². The smallest absolute Gasteiger partial charge is 0.372 e. The van der Waals surface area contributed by atoms with Crippen molar-refractivity contribution in [1.82, 2.24) is 0 Å². The van der Waals surface area contributed by atoms with E-state index in [2.05, 4.69) is 0 Å². The van der Waals surface area contributed by atoms with Gasteiger partial charge in [0.25, 0.3) is 0 Å². The molecule has 0 saturated heterocycles. The molecule has 0 aliphatic carbocycles. The standard InChI is InChI=1S/C5H8O3.CH4/c1-3(2)4(6)5(7)8;/h3H,1-2H3,(H,7,8);1H4. The molecule has 0 bridgehead atoms. The van der Waals surface area contributed by atoms with Crippen LogP contribution in [0, 0.1) is 5.92 Å². The molecule has 0 heterocycles. The Morgan fingerprint density at radius 3 is 1.67 bits per heavy atom. The van der Waals surface area contributed by atoms with Gasteiger partial charge in [0.1, 0.15) is 0 Å². The second-order valence-corrected chi connectivity index (χ2v) is 1.82. The first kappa shape index (κ1) is 11.0. The topological polar surface area (TPSA) is 54.4 Å². The van der Waals surface area contributed by atoms with Crippen molar-refractivity contribution in [2.45, 2.75) is 21.3 Å². The maximum Gasteiger partial charge on any atom is 0.372 e. The third-order valence-corrected chi connectivity index (χ3v) is 0.735. The van der Waals surface area contributed by atoms with Gasteiger partial charge in [0.15, 0.2) is 0 Å². The minimum Gasteiger partial charge on any atom is -0.475 e. The summed E-state index contributed by atoms with van der Waals surface area (Å²) in [4.78, 5) is 20.0. The van der Waals surface area contributed by atoms with Gasteiger partial charge in [-0.15, -0.1) is 0 Å². The molecule has 0 saturated carbocycles. The largest absolute Gasteiger partial charge is 0.475 e. The van der Waals surface area contributed by atoms with Crippen LogP contribution in [0.4, 0.5) is 0 Å². The van der Waals surface area contributed by atoms with Crippen LogP contribution >= 0.6 is 0 Å². The predicted molar refractivity (Wildman–Crippen MR) is 34.2 cm³/mol. The van der Waals surface area contributed by atoms with Crippen molar-refractivity contribution in [3.8, 4) is 0 Å². The Bertz CT molecular complexity index is 115. The van der Waals surface area contributed by atoms with E-state index in [-0.39, 0.29) is 7.43 Å². The molecular formula is C6H12O3. The van der Waals surface area contributed by atoms with Crippen LogP contribution in [0.5, 0.6) is 0 Å². The molecule has 0 aliphatic heterocycles. The van der Waals surface area contributed by atoms with Crippen LogP contribution in [0.15, 0.2) is 0 Å². The molecule has 0 amide bonds. The molecule has 0 atom stereocenters. The summed E-state index contributed by atoms with van der Waals surface area (Å²) in [5, 5.41) is 8.00. The van der Waals surface area contributed by atoms with Crippen LogP contribution in [0.2, 0.25) is 0 Å². The van der Waals surface area contributed by atoms with Crippen molar-refractivity contribution in [2.75, 3.05) is 0 Å². The number of Topliss-reactive ketones (excluding diaryl/α,β-unsaturated/α-hetero) is 1. The van der Waals surface area contributed by atoms with Gasteiger partial charge in [-0.05, 0) is 0 Å². The van der Waals surface area contributed by atoms with Crippen LogP contribution in [0.3, 0.4) is 0 Å². The number of aliphatic carboxylic acids is 1. The van der Waals surface area contributed by atoms with E-state index in [9.17, 15) is 9.59 Å². The first-order chi connectivity index (χ1) is 3.55. The summed E-state index contributed by atoms with van der Waals surface area (Å²) in [5.41, 5.74) is 0. The van der Waals surface area contributed by atoms with E-state index < -0.39 is 17.7 Å². The van der Waals surface area contributed by atoms with Crippen LogP contribution < -0.4 is 0 Å². The van der Waals surface area contributed by atoms with Gasteiger partial charge in [-0.2, -0.15) is 0 Å². The maximum absolute atomic E-state index is 10.2. The fraction of sp³-hybridized carbons (Fsp3) is 0.667. The van der Waals surface area contributed by atoms with Gasteiger partial charge in [0.05, 0.1) is 0 Å². The average molecular weight is 132 g/mol. The Morgan fingerprint density at radius 2 is 1.67 bits per heavy atom. The van der Waals surface area contributed by atoms with Crippen LogP contribution in [-0.4, -0.2) is 16.9 Å². The molecule has 1 N–H and O–H groups in total. The predicted octanol–water partition coefficient (Wildman–Crippen LogP) is 0.932. The summed E-state index contributed by atoms with van der Waals surface area (Å²) in [6.07, 6.45) is 0. The van der Waals surface area contributed by atoms with Crippen LogP contribution in [-0.2, 0) is 9.59 Å². The highest BCUT2D eigenvalue weighted by molar-refractivity contribution is 6.33. The molecule has 0 aromatic heterocycles. The van der Waals surface area contributed by atoms with Gasteiger partial charge in [0, 0.05) is 5.92 Å². The highest BCUT2D eigenvalue weighted by Crippen LogP contribution is 1.92. The number of ketones is 1. The van der Waals surface area contributed by atoms with E-state index >= 15 is 0 Å². The number of carbonyl (C=O) groups is 2. The molecule has 0 radical (unpaired) electrons. The van der Waals surface area contributed by atoms with E-state index in [4.69, 9.17) is 5.11 Å². The molecule has 0 aromatic rings. The highest BCUT2D eigenvalue weighted by Gasteiger charge is 2.14. The molecule has 0 aliphatic rings. The molecule has 0 unspecified atom stereocenters. The van der Waals surface area contributed by atoms with Crippen molar-refractivity contribution in [3.63, 3.8) is 0 Å². The Labute approximate surface area is 54.7 Å². The Morgan fingerprint density at radius 1 is 1.33 bits per heavy atom. The number of rotatable bonds is 2. The first-order valence-electron chi connectivity index (χ1n) is 2.33. The third-order valence-electron chi connectivity index (χ3n) is 0.735. The van der Waals surface area contributed by atoms with Crippen molar-refractivity contribution in [3.05, 3.63) is 0 Å². The number of carboxylic acid groups (broad SMARTS) is 1. The number of hydrogen-bond acceptors (Lipinski definition) is 2. The molecule has 3 heteroatoms. The zero-order valence-electron chi connectivity index (χ0n) is 4.84. The molecule has 0 fully saturated rings. The lowest BCUT2D eigenvalue weighted by atomic mass is 10.1. The molecule has 0 spiro atoms. The van der Waals surface area contributed by atoms with Crippen molar-refractivity contribution in [2.24, 2.45) is 5.92 Å². The molecule has 0 rings (SSSR count). The normalized spacial score (nSPS) is 8.33. The Kier molecular flexibility index (Phi) is 4.97. The number of carboxylic acids is 1. The Balaban J connectivity index is 0. The van der Waals surface area contributed by atoms with E-state index in [0.717, 1.165) is 0 Å². The maximum atomic E-state index is 10.2. The van der Waals surface area contributed by atoms with Gasteiger partial charge >= 0.3 is 5.97 Å². The summed E-state index contributed by atoms with van der Waals surface area (Å²) >= 11 is 0. The summed E-state index contributed by atoms with van der Waals surface area (Å²) in [5.74, 6) is -2.47. The summed E-state index contributed by atoms with van der Waals surface area (Å²) < 4.78 is 0. The summed E-state index contributed by atoms with van der Waals surface area (Å²) in [6.45, 7) is 3.10. The van der Waals surface area contributed by atoms with E-state index in [1.165, 1.54) is 0 Å². The minimum atomic E-state index is -1.35. The fourth-order valence-corrected chi connectivity index (χ4v) is 0.247. The molecular weight excluding hydrogens is 120 g/mol. The summed E-state index contributed by atoms with van der Waals surface area (Å²) in [6, 6.07) is 0. The van der Waals surface area contributed by atoms with E-state index in [1.54, 1.807) is 13.8 Å². The van der Waals surface area contributed by atoms with Gasteiger partial charge in [0.2, 0.25) is 5.78 Å². The van der Waals surface area contributed by atoms with E-state index in [1.807, 2.05) is 0 Å². The summed E-state index contributed by atoms with van der Waals surface area (Å²) in [7, 11) is 0. The SMILES string of the molecule is C.CC(C)C(=O)C(=O)O. The van der Waals surface area contributed by atoms with Gasteiger partial charge in [-0.25, -0.2) is 4.79 Å². The lowest BCUT2D eigenvalue weighted by Crippen LogP contribution is -2.18. The molecule has 0 aromatic carbocycles. The molecule has 9 heavy (non-hydrogen) atoms. The van der Waals surface area contributed by atoms with Gasteiger partial charge in [-0.1, -0.05) is 21.3 Å². The minimum absolute atomic E-state index is 0.